The molecule has 2 atom stereocenters. The molecule has 0 aromatic rings. The summed E-state index contributed by atoms with van der Waals surface area (Å²) in [6.45, 7) is 2.47. The quantitative estimate of drug-likeness (QED) is 0.690. The molecule has 1 saturated carbocycles. The van der Waals surface area contributed by atoms with Crippen LogP contribution in [0.4, 0.5) is 0 Å². The summed E-state index contributed by atoms with van der Waals surface area (Å²) in [4.78, 5) is 2.85. The maximum Gasteiger partial charge on any atom is 0.0187 e. The summed E-state index contributed by atoms with van der Waals surface area (Å²) in [5.74, 6) is 0. The minimum atomic E-state index is 0.493. The molecule has 2 saturated heterocycles. The summed E-state index contributed by atoms with van der Waals surface area (Å²) in [6, 6.07) is 2.15. The van der Waals surface area contributed by atoms with E-state index in [1.807, 2.05) is 0 Å². The Hall–Kier alpha value is -0.0800. The molecular weight excluding hydrogens is 172 g/mol. The normalized spacial score (nSPS) is 46.3. The van der Waals surface area contributed by atoms with E-state index in [-0.39, 0.29) is 0 Å². The first-order valence-corrected chi connectivity index (χ1v) is 6.23. The maximum absolute atomic E-state index is 6.09. The molecule has 1 aliphatic carbocycles. The highest BCUT2D eigenvalue weighted by Gasteiger charge is 2.50. The number of nitrogens with two attached hydrogens (primary N) is 1. The molecule has 2 unspecified atom stereocenters. The molecule has 80 valence electrons. The lowest BCUT2D eigenvalue weighted by Crippen LogP contribution is -2.60. The number of hydrogen-bond acceptors (Lipinski definition) is 2. The molecule has 14 heavy (non-hydrogen) atoms. The van der Waals surface area contributed by atoms with E-state index in [9.17, 15) is 0 Å². The molecule has 0 aromatic carbocycles. The number of piperidine rings is 1. The Balaban J connectivity index is 1.81. The first-order chi connectivity index (χ1) is 6.69. The van der Waals surface area contributed by atoms with Gasteiger partial charge < -0.3 is 5.73 Å². The molecule has 3 rings (SSSR count). The van der Waals surface area contributed by atoms with Crippen molar-refractivity contribution in [2.24, 2.45) is 5.73 Å². The van der Waals surface area contributed by atoms with Crippen LogP contribution >= 0.6 is 0 Å². The minimum absolute atomic E-state index is 0.493. The topological polar surface area (TPSA) is 29.3 Å². The fourth-order valence-corrected chi connectivity index (χ4v) is 4.05. The van der Waals surface area contributed by atoms with Crippen LogP contribution in [0, 0.1) is 0 Å². The van der Waals surface area contributed by atoms with Gasteiger partial charge in [-0.2, -0.15) is 0 Å². The summed E-state index contributed by atoms with van der Waals surface area (Å²) in [5, 5.41) is 0. The third-order valence-corrected chi connectivity index (χ3v) is 4.82. The SMILES string of the molecule is CC1(N2C3CCC2CC(N)C3)CCC1. The second-order valence-electron chi connectivity index (χ2n) is 5.87. The van der Waals surface area contributed by atoms with Crippen molar-refractivity contribution in [3.05, 3.63) is 0 Å². The fraction of sp³-hybridized carbons (Fsp3) is 1.00. The van der Waals surface area contributed by atoms with E-state index in [0.717, 1.165) is 12.1 Å². The van der Waals surface area contributed by atoms with Crippen molar-refractivity contribution in [2.75, 3.05) is 0 Å². The van der Waals surface area contributed by atoms with Crippen molar-refractivity contribution in [3.63, 3.8) is 0 Å². The summed E-state index contributed by atoms with van der Waals surface area (Å²) in [5.41, 5.74) is 6.66. The van der Waals surface area contributed by atoms with Gasteiger partial charge in [0.15, 0.2) is 0 Å². The largest absolute Gasteiger partial charge is 0.328 e. The van der Waals surface area contributed by atoms with Crippen molar-refractivity contribution in [1.82, 2.24) is 4.90 Å². The zero-order valence-electron chi connectivity index (χ0n) is 9.21. The van der Waals surface area contributed by atoms with Gasteiger partial charge in [-0.25, -0.2) is 0 Å². The fourth-order valence-electron chi connectivity index (χ4n) is 4.05. The Labute approximate surface area is 86.8 Å². The van der Waals surface area contributed by atoms with Gasteiger partial charge in [0.1, 0.15) is 0 Å². The maximum atomic E-state index is 6.09. The van der Waals surface area contributed by atoms with Gasteiger partial charge >= 0.3 is 0 Å². The van der Waals surface area contributed by atoms with Crippen LogP contribution in [0.15, 0.2) is 0 Å². The third-order valence-electron chi connectivity index (χ3n) is 4.82. The summed E-state index contributed by atoms with van der Waals surface area (Å²) in [6.07, 6.45) is 9.63. The molecule has 0 spiro atoms. The van der Waals surface area contributed by atoms with Crippen molar-refractivity contribution in [3.8, 4) is 0 Å². The molecule has 2 aliphatic heterocycles. The highest BCUT2D eigenvalue weighted by molar-refractivity contribution is 5.06. The molecule has 2 bridgehead atoms. The summed E-state index contributed by atoms with van der Waals surface area (Å²) in [7, 11) is 0. The summed E-state index contributed by atoms with van der Waals surface area (Å²) < 4.78 is 0. The van der Waals surface area contributed by atoms with Crippen LogP contribution in [0.5, 0.6) is 0 Å². The van der Waals surface area contributed by atoms with Gasteiger partial charge in [0.2, 0.25) is 0 Å². The Morgan fingerprint density at radius 3 is 2.14 bits per heavy atom. The Morgan fingerprint density at radius 1 is 1.14 bits per heavy atom. The monoisotopic (exact) mass is 194 g/mol. The lowest BCUT2D eigenvalue weighted by Gasteiger charge is -2.54. The summed E-state index contributed by atoms with van der Waals surface area (Å²) >= 11 is 0. The molecule has 3 fully saturated rings. The number of rotatable bonds is 1. The zero-order chi connectivity index (χ0) is 9.76. The molecule has 2 heteroatoms. The van der Waals surface area contributed by atoms with Crippen LogP contribution in [0.2, 0.25) is 0 Å². The molecule has 0 amide bonds. The van der Waals surface area contributed by atoms with E-state index in [4.69, 9.17) is 5.73 Å². The van der Waals surface area contributed by atoms with E-state index in [1.165, 1.54) is 44.9 Å². The second-order valence-corrected chi connectivity index (χ2v) is 5.87. The zero-order valence-corrected chi connectivity index (χ0v) is 9.21. The van der Waals surface area contributed by atoms with Crippen LogP contribution in [0.3, 0.4) is 0 Å². The van der Waals surface area contributed by atoms with E-state index in [2.05, 4.69) is 11.8 Å². The smallest absolute Gasteiger partial charge is 0.0187 e. The lowest BCUT2D eigenvalue weighted by atomic mass is 9.74. The van der Waals surface area contributed by atoms with Crippen LogP contribution in [0.25, 0.3) is 0 Å². The van der Waals surface area contributed by atoms with E-state index < -0.39 is 0 Å². The van der Waals surface area contributed by atoms with E-state index in [1.54, 1.807) is 0 Å². The Kier molecular flexibility index (Phi) is 1.94. The van der Waals surface area contributed by atoms with Crippen LogP contribution in [-0.4, -0.2) is 28.6 Å². The average Bonchev–Trinajstić information content (AvgIpc) is 2.35. The Bertz CT molecular complexity index is 220. The number of nitrogens with zero attached hydrogens (tertiary/aromatic N) is 1. The van der Waals surface area contributed by atoms with Gasteiger partial charge in [0, 0.05) is 23.7 Å². The number of fused-ring (bicyclic) bond motifs is 2. The molecular formula is C12H22N2. The molecule has 2 heterocycles. The predicted molar refractivity (Wildman–Crippen MR) is 58.1 cm³/mol. The van der Waals surface area contributed by atoms with Crippen LogP contribution in [-0.2, 0) is 0 Å². The first-order valence-electron chi connectivity index (χ1n) is 6.23. The van der Waals surface area contributed by atoms with Crippen molar-refractivity contribution in [2.45, 2.75) is 75.5 Å². The van der Waals surface area contributed by atoms with Crippen LogP contribution < -0.4 is 5.73 Å². The van der Waals surface area contributed by atoms with E-state index in [0.29, 0.717) is 11.6 Å². The molecule has 0 aromatic heterocycles. The second kappa shape index (κ2) is 2.96. The molecule has 2 N–H and O–H groups in total. The molecule has 3 aliphatic rings. The van der Waals surface area contributed by atoms with Crippen molar-refractivity contribution >= 4 is 0 Å². The van der Waals surface area contributed by atoms with Crippen LogP contribution in [0.1, 0.15) is 51.9 Å². The third kappa shape index (κ3) is 1.17. The first kappa shape index (κ1) is 9.17. The van der Waals surface area contributed by atoms with Crippen molar-refractivity contribution in [1.29, 1.82) is 0 Å². The molecule has 0 radical (unpaired) electrons. The Morgan fingerprint density at radius 2 is 1.71 bits per heavy atom. The predicted octanol–water partition coefficient (Wildman–Crippen LogP) is 1.88. The van der Waals surface area contributed by atoms with Gasteiger partial charge in [0.05, 0.1) is 0 Å². The standard InChI is InChI=1S/C12H22N2/c1-12(5-2-6-12)14-10-3-4-11(14)8-9(13)7-10/h9-11H,2-8,13H2,1H3. The van der Waals surface area contributed by atoms with Gasteiger partial charge in [-0.3, -0.25) is 4.90 Å². The van der Waals surface area contributed by atoms with Gasteiger partial charge in [-0.1, -0.05) is 0 Å². The average molecular weight is 194 g/mol. The minimum Gasteiger partial charge on any atom is -0.328 e. The molecule has 2 nitrogen and oxygen atoms in total. The van der Waals surface area contributed by atoms with Gasteiger partial charge in [-0.15, -0.1) is 0 Å². The number of hydrogen-bond donors (Lipinski definition) is 1. The van der Waals surface area contributed by atoms with Gasteiger partial charge in [0.25, 0.3) is 0 Å². The van der Waals surface area contributed by atoms with Crippen molar-refractivity contribution < 1.29 is 0 Å². The highest BCUT2D eigenvalue weighted by atomic mass is 15.3. The lowest BCUT2D eigenvalue weighted by molar-refractivity contribution is -0.0330. The van der Waals surface area contributed by atoms with E-state index >= 15 is 0 Å². The highest BCUT2D eigenvalue weighted by Crippen LogP contribution is 2.47. The van der Waals surface area contributed by atoms with Gasteiger partial charge in [-0.05, 0) is 51.9 Å².